The van der Waals surface area contributed by atoms with Crippen molar-refractivity contribution in [3.8, 4) is 22.8 Å². The Labute approximate surface area is 204 Å². The first-order valence-electron chi connectivity index (χ1n) is 11.5. The van der Waals surface area contributed by atoms with Gasteiger partial charge in [0.05, 0.1) is 4.70 Å². The van der Waals surface area contributed by atoms with Crippen LogP contribution in [0.15, 0.2) is 53.3 Å². The summed E-state index contributed by atoms with van der Waals surface area (Å²) in [6.45, 7) is 2.17. The van der Waals surface area contributed by atoms with Crippen molar-refractivity contribution in [3.05, 3.63) is 64.4 Å². The molecule has 1 fully saturated rings. The molecule has 6 rings (SSSR count). The molecule has 35 heavy (non-hydrogen) atoms. The van der Waals surface area contributed by atoms with E-state index in [9.17, 15) is 9.59 Å². The van der Waals surface area contributed by atoms with Crippen LogP contribution in [0, 0.1) is 0 Å². The summed E-state index contributed by atoms with van der Waals surface area (Å²) >= 11 is 1.49. The molecule has 0 aliphatic carbocycles. The van der Waals surface area contributed by atoms with Gasteiger partial charge < -0.3 is 19.7 Å². The van der Waals surface area contributed by atoms with Crippen LogP contribution in [-0.2, 0) is 17.9 Å². The van der Waals surface area contributed by atoms with Crippen LogP contribution in [0.5, 0.6) is 11.5 Å². The molecule has 1 amide bonds. The lowest BCUT2D eigenvalue weighted by molar-refractivity contribution is -0.122. The molecule has 0 atom stereocenters. The van der Waals surface area contributed by atoms with E-state index in [1.807, 2.05) is 48.5 Å². The topological polar surface area (TPSA) is 98.6 Å². The second-order valence-electron chi connectivity index (χ2n) is 8.51. The quantitative estimate of drug-likeness (QED) is 0.444. The predicted octanol–water partition coefficient (Wildman–Crippen LogP) is 3.17. The molecule has 4 aromatic rings. The third kappa shape index (κ3) is 4.21. The average molecular weight is 490 g/mol. The van der Waals surface area contributed by atoms with Gasteiger partial charge in [0.1, 0.15) is 12.2 Å². The van der Waals surface area contributed by atoms with Gasteiger partial charge in [-0.25, -0.2) is 9.67 Å². The summed E-state index contributed by atoms with van der Waals surface area (Å²) in [5, 5.41) is 8.31. The number of rotatable bonds is 6. The second kappa shape index (κ2) is 9.03. The Morgan fingerprint density at radius 1 is 1.06 bits per heavy atom. The highest BCUT2D eigenvalue weighted by molar-refractivity contribution is 7.22. The summed E-state index contributed by atoms with van der Waals surface area (Å²) in [5.74, 6) is 1.03. The first-order chi connectivity index (χ1) is 17.2. The molecule has 4 heterocycles. The monoisotopic (exact) mass is 489 g/mol. The number of ether oxygens (including phenoxy) is 2. The van der Waals surface area contributed by atoms with Crippen LogP contribution in [-0.4, -0.2) is 40.6 Å². The van der Waals surface area contributed by atoms with Gasteiger partial charge in [-0.3, -0.25) is 9.59 Å². The van der Waals surface area contributed by atoms with Crippen molar-refractivity contribution in [2.45, 2.75) is 25.9 Å². The van der Waals surface area contributed by atoms with Gasteiger partial charge in [-0.1, -0.05) is 47.7 Å². The summed E-state index contributed by atoms with van der Waals surface area (Å²) < 4.78 is 12.7. The van der Waals surface area contributed by atoms with Crippen molar-refractivity contribution in [2.75, 3.05) is 24.8 Å². The minimum Gasteiger partial charge on any atom is -0.454 e. The van der Waals surface area contributed by atoms with Gasteiger partial charge >= 0.3 is 0 Å². The Hall–Kier alpha value is -3.92. The number of carbonyl (C=O) groups is 1. The highest BCUT2D eigenvalue weighted by atomic mass is 32.1. The Balaban J connectivity index is 1.29. The number of fused-ring (bicyclic) bond motifs is 2. The summed E-state index contributed by atoms with van der Waals surface area (Å²) in [6.07, 6.45) is 2.24. The fourth-order valence-corrected chi connectivity index (χ4v) is 5.44. The first-order valence-corrected chi connectivity index (χ1v) is 12.3. The van der Waals surface area contributed by atoms with Gasteiger partial charge in [0, 0.05) is 25.2 Å². The van der Waals surface area contributed by atoms with E-state index >= 15 is 0 Å². The summed E-state index contributed by atoms with van der Waals surface area (Å²) in [7, 11) is 0. The Morgan fingerprint density at radius 2 is 1.86 bits per heavy atom. The zero-order chi connectivity index (χ0) is 23.8. The number of thiazole rings is 1. The molecule has 0 unspecified atom stereocenters. The van der Waals surface area contributed by atoms with Crippen LogP contribution >= 0.6 is 11.3 Å². The van der Waals surface area contributed by atoms with Crippen molar-refractivity contribution in [1.29, 1.82) is 0 Å². The minimum absolute atomic E-state index is 0.196. The molecule has 0 spiro atoms. The molecule has 2 aromatic heterocycles. The number of nitrogens with zero attached hydrogens (tertiary/aromatic N) is 4. The third-order valence-corrected chi connectivity index (χ3v) is 7.26. The van der Waals surface area contributed by atoms with Crippen LogP contribution in [0.3, 0.4) is 0 Å². The maximum absolute atomic E-state index is 13.3. The van der Waals surface area contributed by atoms with Crippen molar-refractivity contribution >= 4 is 32.6 Å². The molecular formula is C25H23N5O4S. The summed E-state index contributed by atoms with van der Waals surface area (Å²) in [5.41, 5.74) is 2.40. The number of benzene rings is 2. The average Bonchev–Trinajstić information content (AvgIpc) is 3.65. The number of carbonyl (C=O) groups excluding carboxylic acids is 1. The molecule has 2 aliphatic heterocycles. The standard InChI is InChI=1S/C25H23N5O4S/c31-20(26-13-16-8-9-18-19(12-16)34-15-33-18)14-30-24(32)22-23(21(28-30)17-6-2-1-3-7-17)35-25(27-22)29-10-4-5-11-29/h1-3,6-9,12H,4-5,10-11,13-15H2,(H,26,31). The maximum Gasteiger partial charge on any atom is 0.294 e. The van der Waals surface area contributed by atoms with Crippen molar-refractivity contribution in [3.63, 3.8) is 0 Å². The van der Waals surface area contributed by atoms with E-state index in [2.05, 4.69) is 20.3 Å². The Bertz CT molecular complexity index is 1460. The minimum atomic E-state index is -0.361. The third-order valence-electron chi connectivity index (χ3n) is 6.13. The number of nitrogens with one attached hydrogen (secondary N) is 1. The molecule has 1 N–H and O–H groups in total. The Morgan fingerprint density at radius 3 is 2.69 bits per heavy atom. The molecule has 1 saturated heterocycles. The molecular weight excluding hydrogens is 466 g/mol. The smallest absolute Gasteiger partial charge is 0.294 e. The number of hydrogen-bond acceptors (Lipinski definition) is 8. The van der Waals surface area contributed by atoms with Crippen molar-refractivity contribution in [2.24, 2.45) is 0 Å². The van der Waals surface area contributed by atoms with Gasteiger partial charge in [0.15, 0.2) is 22.1 Å². The fourth-order valence-electron chi connectivity index (χ4n) is 4.33. The fraction of sp³-hybridized carbons (Fsp3) is 0.280. The van der Waals surface area contributed by atoms with E-state index in [1.54, 1.807) is 0 Å². The van der Waals surface area contributed by atoms with Crippen LogP contribution in [0.1, 0.15) is 18.4 Å². The van der Waals surface area contributed by atoms with Crippen LogP contribution in [0.2, 0.25) is 0 Å². The highest BCUT2D eigenvalue weighted by Crippen LogP contribution is 2.35. The molecule has 9 nitrogen and oxygen atoms in total. The number of aromatic nitrogens is 3. The van der Waals surface area contributed by atoms with E-state index < -0.39 is 0 Å². The zero-order valence-electron chi connectivity index (χ0n) is 18.9. The number of hydrogen-bond donors (Lipinski definition) is 1. The van der Waals surface area contributed by atoms with Crippen molar-refractivity contribution in [1.82, 2.24) is 20.1 Å². The molecule has 178 valence electrons. The summed E-state index contributed by atoms with van der Waals surface area (Å²) in [6, 6.07) is 15.2. The zero-order valence-corrected chi connectivity index (χ0v) is 19.7. The predicted molar refractivity (Wildman–Crippen MR) is 133 cm³/mol. The summed E-state index contributed by atoms with van der Waals surface area (Å²) in [4.78, 5) is 33.0. The second-order valence-corrected chi connectivity index (χ2v) is 9.49. The van der Waals surface area contributed by atoms with Gasteiger partial charge in [0.25, 0.3) is 5.56 Å². The van der Waals surface area contributed by atoms with E-state index in [0.717, 1.165) is 46.9 Å². The molecule has 0 bridgehead atoms. The lowest BCUT2D eigenvalue weighted by Gasteiger charge is -2.11. The van der Waals surface area contributed by atoms with Crippen molar-refractivity contribution < 1.29 is 14.3 Å². The van der Waals surface area contributed by atoms with Gasteiger partial charge in [-0.2, -0.15) is 5.10 Å². The van der Waals surface area contributed by atoms with Crippen LogP contribution < -0.4 is 25.2 Å². The number of anilines is 1. The molecule has 0 saturated carbocycles. The van der Waals surface area contributed by atoms with Gasteiger partial charge in [-0.05, 0) is 30.5 Å². The molecule has 10 heteroatoms. The Kier molecular flexibility index (Phi) is 5.57. The SMILES string of the molecule is O=C(Cn1nc(-c2ccccc2)c2sc(N3CCCC3)nc2c1=O)NCc1ccc2c(c1)OCO2. The lowest BCUT2D eigenvalue weighted by Crippen LogP contribution is -2.33. The highest BCUT2D eigenvalue weighted by Gasteiger charge is 2.22. The first kappa shape index (κ1) is 21.6. The van der Waals surface area contributed by atoms with E-state index in [-0.39, 0.29) is 24.8 Å². The lowest BCUT2D eigenvalue weighted by atomic mass is 10.1. The largest absolute Gasteiger partial charge is 0.454 e. The van der Waals surface area contributed by atoms with Gasteiger partial charge in [-0.15, -0.1) is 0 Å². The molecule has 0 radical (unpaired) electrons. The van der Waals surface area contributed by atoms with E-state index in [1.165, 1.54) is 16.0 Å². The van der Waals surface area contributed by atoms with Gasteiger partial charge in [0.2, 0.25) is 12.7 Å². The van der Waals surface area contributed by atoms with Crippen LogP contribution in [0.4, 0.5) is 5.13 Å². The molecule has 2 aromatic carbocycles. The van der Waals surface area contributed by atoms with Crippen LogP contribution in [0.25, 0.3) is 21.5 Å². The maximum atomic E-state index is 13.3. The molecule has 2 aliphatic rings. The van der Waals surface area contributed by atoms with E-state index in [4.69, 9.17) is 9.47 Å². The number of amides is 1. The normalized spacial score (nSPS) is 14.6. The van der Waals surface area contributed by atoms with E-state index in [0.29, 0.717) is 29.3 Å².